The predicted octanol–water partition coefficient (Wildman–Crippen LogP) is 0.453. The van der Waals surface area contributed by atoms with Gasteiger partial charge in [-0.05, 0) is 30.2 Å². The minimum atomic E-state index is -1.16. The summed E-state index contributed by atoms with van der Waals surface area (Å²) in [6.07, 6.45) is 0.833. The van der Waals surface area contributed by atoms with Crippen LogP contribution in [-0.4, -0.2) is 58.9 Å². The van der Waals surface area contributed by atoms with Gasteiger partial charge in [0.1, 0.15) is 18.1 Å². The van der Waals surface area contributed by atoms with Gasteiger partial charge < -0.3 is 32.5 Å². The molecular weight excluding hydrogens is 478 g/mol. The molecule has 0 aliphatic heterocycles. The number of primary amides is 1. The number of rotatable bonds is 16. The zero-order valence-electron chi connectivity index (χ0n) is 22.0. The molecule has 1 aromatic rings. The van der Waals surface area contributed by atoms with E-state index in [9.17, 15) is 29.1 Å². The van der Waals surface area contributed by atoms with Crippen molar-refractivity contribution >= 4 is 29.6 Å². The van der Waals surface area contributed by atoms with E-state index in [1.807, 2.05) is 26.8 Å². The second-order valence-corrected chi connectivity index (χ2v) is 9.76. The molecule has 0 bridgehead atoms. The van der Waals surface area contributed by atoms with E-state index in [-0.39, 0.29) is 37.5 Å². The molecule has 1 rings (SSSR count). The lowest BCUT2D eigenvalue weighted by atomic mass is 9.96. The van der Waals surface area contributed by atoms with Gasteiger partial charge >= 0.3 is 5.97 Å². The third-order valence-corrected chi connectivity index (χ3v) is 6.07. The van der Waals surface area contributed by atoms with Crippen LogP contribution in [0.2, 0.25) is 0 Å². The van der Waals surface area contributed by atoms with Crippen LogP contribution in [0.25, 0.3) is 0 Å². The molecule has 0 spiro atoms. The van der Waals surface area contributed by atoms with Gasteiger partial charge in [0.25, 0.3) is 0 Å². The summed E-state index contributed by atoms with van der Waals surface area (Å²) in [5, 5.41) is 17.4. The second-order valence-electron chi connectivity index (χ2n) is 9.76. The molecule has 0 radical (unpaired) electrons. The van der Waals surface area contributed by atoms with Crippen molar-refractivity contribution in [3.63, 3.8) is 0 Å². The molecule has 0 aliphatic rings. The average molecular weight is 520 g/mol. The van der Waals surface area contributed by atoms with Crippen molar-refractivity contribution in [1.29, 1.82) is 0 Å². The van der Waals surface area contributed by atoms with Gasteiger partial charge in [0, 0.05) is 12.8 Å². The molecule has 5 unspecified atom stereocenters. The third-order valence-electron chi connectivity index (χ3n) is 6.07. The van der Waals surface area contributed by atoms with Gasteiger partial charge in [0.05, 0.1) is 6.04 Å². The Bertz CT molecular complexity index is 923. The summed E-state index contributed by atoms with van der Waals surface area (Å²) in [6.45, 7) is 7.32. The number of carboxylic acids is 1. The van der Waals surface area contributed by atoms with Crippen LogP contribution in [0.15, 0.2) is 30.3 Å². The standard InChI is InChI=1S/C26H41N5O6/c1-5-16(4)22(25(35)30-20(26(36)37)13-15(2)3)31-24(34)19(14-17-9-7-6-8-10-17)29-23(33)18(27)11-12-21(28)32/h6-10,15-16,18-20,22H,5,11-14,27H2,1-4H3,(H2,28,32)(H,29,33)(H,30,35)(H,31,34)(H,36,37). The summed E-state index contributed by atoms with van der Waals surface area (Å²) < 4.78 is 0. The summed E-state index contributed by atoms with van der Waals surface area (Å²) in [7, 11) is 0. The fraction of sp³-hybridized carbons (Fsp3) is 0.577. The van der Waals surface area contributed by atoms with Crippen LogP contribution < -0.4 is 27.4 Å². The average Bonchev–Trinajstić information content (AvgIpc) is 2.84. The number of carboxylic acid groups (broad SMARTS) is 1. The van der Waals surface area contributed by atoms with Crippen LogP contribution in [0.5, 0.6) is 0 Å². The third kappa shape index (κ3) is 11.4. The first-order chi connectivity index (χ1) is 17.3. The van der Waals surface area contributed by atoms with Crippen molar-refractivity contribution in [3.05, 3.63) is 35.9 Å². The number of hydrogen-bond donors (Lipinski definition) is 6. The Balaban J connectivity index is 3.11. The summed E-state index contributed by atoms with van der Waals surface area (Å²) in [6, 6.07) is 4.74. The number of amides is 4. The molecule has 0 heterocycles. The Labute approximate surface area is 218 Å². The van der Waals surface area contributed by atoms with Crippen molar-refractivity contribution in [2.75, 3.05) is 0 Å². The molecule has 0 saturated heterocycles. The van der Waals surface area contributed by atoms with Crippen molar-refractivity contribution in [1.82, 2.24) is 16.0 Å². The molecule has 4 amide bonds. The van der Waals surface area contributed by atoms with Gasteiger partial charge in [-0.3, -0.25) is 19.2 Å². The molecule has 206 valence electrons. The van der Waals surface area contributed by atoms with E-state index in [1.165, 1.54) is 0 Å². The normalized spacial score (nSPS) is 15.1. The zero-order chi connectivity index (χ0) is 28.1. The molecule has 1 aromatic carbocycles. The SMILES string of the molecule is CCC(C)C(NC(=O)C(Cc1ccccc1)NC(=O)C(N)CCC(N)=O)C(=O)NC(CC(C)C)C(=O)O. The van der Waals surface area contributed by atoms with Gasteiger partial charge in [-0.1, -0.05) is 64.4 Å². The van der Waals surface area contributed by atoms with Gasteiger partial charge in [-0.15, -0.1) is 0 Å². The van der Waals surface area contributed by atoms with Crippen LogP contribution in [0.4, 0.5) is 0 Å². The van der Waals surface area contributed by atoms with E-state index >= 15 is 0 Å². The van der Waals surface area contributed by atoms with E-state index in [1.54, 1.807) is 31.2 Å². The van der Waals surface area contributed by atoms with Gasteiger partial charge in [0.15, 0.2) is 0 Å². The van der Waals surface area contributed by atoms with Crippen LogP contribution in [0.1, 0.15) is 58.9 Å². The van der Waals surface area contributed by atoms with Crippen LogP contribution in [-0.2, 0) is 30.4 Å². The fourth-order valence-corrected chi connectivity index (χ4v) is 3.68. The highest BCUT2D eigenvalue weighted by Gasteiger charge is 2.33. The lowest BCUT2D eigenvalue weighted by molar-refractivity contribution is -0.143. The minimum Gasteiger partial charge on any atom is -0.480 e. The van der Waals surface area contributed by atoms with Crippen molar-refractivity contribution in [3.8, 4) is 0 Å². The Morgan fingerprint density at radius 2 is 1.49 bits per heavy atom. The van der Waals surface area contributed by atoms with E-state index in [2.05, 4.69) is 16.0 Å². The van der Waals surface area contributed by atoms with Crippen LogP contribution in [0.3, 0.4) is 0 Å². The molecule has 8 N–H and O–H groups in total. The first-order valence-electron chi connectivity index (χ1n) is 12.6. The first-order valence-corrected chi connectivity index (χ1v) is 12.6. The molecular formula is C26H41N5O6. The summed E-state index contributed by atoms with van der Waals surface area (Å²) >= 11 is 0. The Hall–Kier alpha value is -3.47. The molecule has 11 nitrogen and oxygen atoms in total. The molecule has 0 saturated carbocycles. The first kappa shape index (κ1) is 31.6. The number of carbonyl (C=O) groups excluding carboxylic acids is 4. The lowest BCUT2D eigenvalue weighted by Crippen LogP contribution is -2.59. The second kappa shape index (κ2) is 15.6. The monoisotopic (exact) mass is 519 g/mol. The highest BCUT2D eigenvalue weighted by molar-refractivity contribution is 5.94. The zero-order valence-corrected chi connectivity index (χ0v) is 22.0. The molecule has 0 aromatic heterocycles. The van der Waals surface area contributed by atoms with Crippen molar-refractivity contribution in [2.45, 2.75) is 84.0 Å². The molecule has 37 heavy (non-hydrogen) atoms. The van der Waals surface area contributed by atoms with Crippen LogP contribution >= 0.6 is 0 Å². The van der Waals surface area contributed by atoms with Gasteiger partial charge in [-0.25, -0.2) is 4.79 Å². The van der Waals surface area contributed by atoms with E-state index in [4.69, 9.17) is 11.5 Å². The Morgan fingerprint density at radius 1 is 0.892 bits per heavy atom. The van der Waals surface area contributed by atoms with Gasteiger partial charge in [0.2, 0.25) is 23.6 Å². The van der Waals surface area contributed by atoms with E-state index in [0.29, 0.717) is 6.42 Å². The Morgan fingerprint density at radius 3 is 2.00 bits per heavy atom. The van der Waals surface area contributed by atoms with Crippen molar-refractivity contribution in [2.24, 2.45) is 23.3 Å². The number of benzene rings is 1. The Kier molecular flexibility index (Phi) is 13.3. The molecule has 0 aliphatic carbocycles. The maximum atomic E-state index is 13.4. The highest BCUT2D eigenvalue weighted by Crippen LogP contribution is 2.12. The number of aliphatic carboxylic acids is 1. The number of carbonyl (C=O) groups is 5. The molecule has 0 fully saturated rings. The molecule has 11 heteroatoms. The number of nitrogens with two attached hydrogens (primary N) is 2. The maximum absolute atomic E-state index is 13.4. The summed E-state index contributed by atoms with van der Waals surface area (Å²) in [4.78, 5) is 61.8. The van der Waals surface area contributed by atoms with Crippen molar-refractivity contribution < 1.29 is 29.1 Å². The quantitative estimate of drug-likeness (QED) is 0.182. The van der Waals surface area contributed by atoms with E-state index < -0.39 is 53.8 Å². The smallest absolute Gasteiger partial charge is 0.326 e. The van der Waals surface area contributed by atoms with Crippen LogP contribution in [0, 0.1) is 11.8 Å². The largest absolute Gasteiger partial charge is 0.480 e. The van der Waals surface area contributed by atoms with E-state index in [0.717, 1.165) is 5.56 Å². The lowest BCUT2D eigenvalue weighted by Gasteiger charge is -2.28. The summed E-state index contributed by atoms with van der Waals surface area (Å²) in [5.74, 6) is -3.90. The number of nitrogens with one attached hydrogen (secondary N) is 3. The predicted molar refractivity (Wildman–Crippen MR) is 139 cm³/mol. The maximum Gasteiger partial charge on any atom is 0.326 e. The minimum absolute atomic E-state index is 0.0190. The van der Waals surface area contributed by atoms with Gasteiger partial charge in [-0.2, -0.15) is 0 Å². The fourth-order valence-electron chi connectivity index (χ4n) is 3.68. The molecule has 5 atom stereocenters. The number of hydrogen-bond acceptors (Lipinski definition) is 6. The summed E-state index contributed by atoms with van der Waals surface area (Å²) in [5.41, 5.74) is 11.8. The topological polar surface area (TPSA) is 194 Å². The highest BCUT2D eigenvalue weighted by atomic mass is 16.4.